The average Bonchev–Trinajstić information content (AvgIpc) is 3.28. The van der Waals surface area contributed by atoms with E-state index in [9.17, 15) is 46.1 Å². The summed E-state index contributed by atoms with van der Waals surface area (Å²) in [4.78, 5) is 26.6. The van der Waals surface area contributed by atoms with Crippen molar-refractivity contribution in [3.8, 4) is 22.6 Å². The minimum atomic E-state index is -4.75. The highest BCUT2D eigenvalue weighted by molar-refractivity contribution is 6.34. The second-order valence-corrected chi connectivity index (χ2v) is 15.2. The van der Waals surface area contributed by atoms with E-state index >= 15 is 0 Å². The number of hydrogen-bond acceptors (Lipinski definition) is 8. The lowest BCUT2D eigenvalue weighted by molar-refractivity contribution is -0.137. The normalized spacial score (nSPS) is 12.1. The van der Waals surface area contributed by atoms with Crippen molar-refractivity contribution in [2.45, 2.75) is 12.4 Å². The van der Waals surface area contributed by atoms with Gasteiger partial charge in [0, 0.05) is 10.8 Å². The summed E-state index contributed by atoms with van der Waals surface area (Å²) in [6.45, 7) is 0. The van der Waals surface area contributed by atoms with Gasteiger partial charge in [-0.2, -0.15) is 26.3 Å². The second kappa shape index (κ2) is 18.0. The van der Waals surface area contributed by atoms with Crippen LogP contribution in [0, 0.1) is 0 Å². The molecule has 0 aliphatic carbocycles. The molecule has 0 fully saturated rings. The zero-order valence-electron chi connectivity index (χ0n) is 33.4. The van der Waals surface area contributed by atoms with Crippen LogP contribution in [0.5, 0.6) is 11.5 Å². The Kier molecular flexibility index (Phi) is 12.2. The first-order valence-electron chi connectivity index (χ1n) is 19.4. The number of carbonyl (C=O) groups is 2. The van der Waals surface area contributed by atoms with Gasteiger partial charge in [-0.1, -0.05) is 108 Å². The maximum absolute atomic E-state index is 13.6. The Morgan fingerprint density at radius 3 is 1.47 bits per heavy atom. The van der Waals surface area contributed by atoms with Crippen molar-refractivity contribution in [3.05, 3.63) is 178 Å². The molecule has 0 spiro atoms. The summed E-state index contributed by atoms with van der Waals surface area (Å²) in [5.41, 5.74) is -2.13. The van der Waals surface area contributed by atoms with Crippen LogP contribution in [0.4, 0.5) is 60.5 Å². The number of halogens is 8. The summed E-state index contributed by atoms with van der Waals surface area (Å²) in [5, 5.41) is 45.4. The Balaban J connectivity index is 1.03. The van der Waals surface area contributed by atoms with Gasteiger partial charge < -0.3 is 20.8 Å². The second-order valence-electron chi connectivity index (χ2n) is 14.4. The third-order valence-corrected chi connectivity index (χ3v) is 10.8. The summed E-state index contributed by atoms with van der Waals surface area (Å²) in [7, 11) is 0. The van der Waals surface area contributed by atoms with E-state index in [1.54, 1.807) is 84.9 Å². The molecule has 0 aromatic heterocycles. The number of fused-ring (bicyclic) bond motifs is 2. The molecule has 8 aromatic rings. The summed E-state index contributed by atoms with van der Waals surface area (Å²) in [5.74, 6) is -3.01. The van der Waals surface area contributed by atoms with Crippen LogP contribution < -0.4 is 10.6 Å². The van der Waals surface area contributed by atoms with Crippen molar-refractivity contribution < 1.29 is 46.1 Å². The monoisotopic (exact) mass is 936 g/mol. The number of rotatable bonds is 9. The number of azo groups is 2. The Bertz CT molecular complexity index is 3310. The van der Waals surface area contributed by atoms with Gasteiger partial charge in [0.25, 0.3) is 11.8 Å². The fourth-order valence-corrected chi connectivity index (χ4v) is 7.47. The molecule has 8 aromatic carbocycles. The first-order valence-corrected chi connectivity index (χ1v) is 20.1. The van der Waals surface area contributed by atoms with Gasteiger partial charge in [0.15, 0.2) is 5.75 Å². The van der Waals surface area contributed by atoms with Crippen LogP contribution in [0.1, 0.15) is 31.8 Å². The maximum Gasteiger partial charge on any atom is 0.418 e. The third-order valence-electron chi connectivity index (χ3n) is 10.2. The van der Waals surface area contributed by atoms with Crippen molar-refractivity contribution in [1.82, 2.24) is 0 Å². The molecule has 0 atom stereocenters. The van der Waals surface area contributed by atoms with E-state index in [1.165, 1.54) is 30.3 Å². The lowest BCUT2D eigenvalue weighted by Gasteiger charge is -2.15. The highest BCUT2D eigenvalue weighted by atomic mass is 35.5. The van der Waals surface area contributed by atoms with Crippen molar-refractivity contribution in [2.75, 3.05) is 10.6 Å². The largest absolute Gasteiger partial charge is 0.506 e. The number of nitrogens with zero attached hydrogens (tertiary/aromatic N) is 4. The average molecular weight is 938 g/mol. The number of benzene rings is 8. The number of nitrogens with one attached hydrogen (secondary N) is 2. The number of amides is 2. The number of carbonyl (C=O) groups excluding carboxylic acids is 2. The zero-order chi connectivity index (χ0) is 46.9. The number of phenols is 2. The van der Waals surface area contributed by atoms with Crippen LogP contribution in [-0.4, -0.2) is 22.0 Å². The summed E-state index contributed by atoms with van der Waals surface area (Å²) >= 11 is 13.3. The summed E-state index contributed by atoms with van der Waals surface area (Å²) in [6.07, 6.45) is -9.47. The summed E-state index contributed by atoms with van der Waals surface area (Å²) in [6, 6.07) is 33.9. The Morgan fingerprint density at radius 1 is 0.485 bits per heavy atom. The van der Waals surface area contributed by atoms with Gasteiger partial charge in [0.1, 0.15) is 28.5 Å². The first kappa shape index (κ1) is 44.8. The highest BCUT2D eigenvalue weighted by Gasteiger charge is 2.35. The van der Waals surface area contributed by atoms with Crippen LogP contribution in [0.15, 0.2) is 166 Å². The Hall–Kier alpha value is -7.82. The standard InChI is InChI=1S/C48H28Cl2F6N6O4/c49-35-22-25(17-19-39(35)59-61-42-30-12-4-3-11-29(30)31(24-41(42)63)45(65)57-37-15-7-5-13-33(37)47(51,52)53)26-18-20-40(36(50)23-26)60-62-43-28-10-2-1-9-27(28)21-32(44(43)64)46(66)58-38-16-8-6-14-34(38)48(54,55)56/h1-24,63-64H,(H,57,65)(H,58,66). The van der Waals surface area contributed by atoms with Crippen molar-refractivity contribution >= 4 is 90.7 Å². The van der Waals surface area contributed by atoms with E-state index in [-0.39, 0.29) is 54.7 Å². The van der Waals surface area contributed by atoms with E-state index in [4.69, 9.17) is 23.2 Å². The van der Waals surface area contributed by atoms with Crippen LogP contribution >= 0.6 is 23.2 Å². The Labute approximate surface area is 379 Å². The molecule has 18 heteroatoms. The van der Waals surface area contributed by atoms with Gasteiger partial charge in [-0.25, -0.2) is 0 Å². The first-order chi connectivity index (χ1) is 31.5. The smallest absolute Gasteiger partial charge is 0.418 e. The molecular weight excluding hydrogens is 909 g/mol. The molecule has 66 heavy (non-hydrogen) atoms. The third kappa shape index (κ3) is 9.22. The lowest BCUT2D eigenvalue weighted by atomic mass is 10.0. The van der Waals surface area contributed by atoms with Crippen molar-refractivity contribution in [2.24, 2.45) is 20.5 Å². The van der Waals surface area contributed by atoms with Gasteiger partial charge in [-0.3, -0.25) is 9.59 Å². The van der Waals surface area contributed by atoms with E-state index in [0.717, 1.165) is 30.3 Å². The minimum absolute atomic E-state index is 0.0301. The number of aromatic hydroxyl groups is 2. The Morgan fingerprint density at radius 2 is 0.939 bits per heavy atom. The number of hydrogen-bond donors (Lipinski definition) is 4. The summed E-state index contributed by atoms with van der Waals surface area (Å²) < 4.78 is 81.8. The molecule has 0 radical (unpaired) electrons. The number of anilines is 2. The molecule has 0 bridgehead atoms. The van der Waals surface area contributed by atoms with Gasteiger partial charge in [0.05, 0.1) is 43.7 Å². The molecule has 0 heterocycles. The quantitative estimate of drug-likeness (QED) is 0.0842. The maximum atomic E-state index is 13.6. The number of para-hydroxylation sites is 2. The lowest BCUT2D eigenvalue weighted by Crippen LogP contribution is -2.17. The molecule has 0 saturated heterocycles. The van der Waals surface area contributed by atoms with Crippen LogP contribution in [0.3, 0.4) is 0 Å². The van der Waals surface area contributed by atoms with Gasteiger partial charge >= 0.3 is 12.4 Å². The van der Waals surface area contributed by atoms with Crippen molar-refractivity contribution in [3.63, 3.8) is 0 Å². The molecule has 0 saturated carbocycles. The van der Waals surface area contributed by atoms with E-state index < -0.39 is 58.2 Å². The highest BCUT2D eigenvalue weighted by Crippen LogP contribution is 2.44. The number of alkyl halides is 6. The predicted molar refractivity (Wildman–Crippen MR) is 240 cm³/mol. The van der Waals surface area contributed by atoms with Crippen molar-refractivity contribution in [1.29, 1.82) is 0 Å². The van der Waals surface area contributed by atoms with Gasteiger partial charge in [0.2, 0.25) is 0 Å². The molecular formula is C48H28Cl2F6N6O4. The number of phenolic OH excluding ortho intramolecular Hbond substituents is 2. The molecule has 4 N–H and O–H groups in total. The van der Waals surface area contributed by atoms with Gasteiger partial charge in [-0.05, 0) is 82.6 Å². The molecule has 330 valence electrons. The molecule has 10 nitrogen and oxygen atoms in total. The fraction of sp³-hybridized carbons (Fsp3) is 0.0417. The van der Waals surface area contributed by atoms with E-state index in [2.05, 4.69) is 31.1 Å². The van der Waals surface area contributed by atoms with Crippen LogP contribution in [0.25, 0.3) is 32.7 Å². The van der Waals surface area contributed by atoms with E-state index in [0.29, 0.717) is 21.9 Å². The molecule has 2 amide bonds. The van der Waals surface area contributed by atoms with Crippen LogP contribution in [0.2, 0.25) is 10.0 Å². The topological polar surface area (TPSA) is 148 Å². The molecule has 0 unspecified atom stereocenters. The molecule has 0 aliphatic heterocycles. The predicted octanol–water partition coefficient (Wildman–Crippen LogP) is 15.8. The minimum Gasteiger partial charge on any atom is -0.506 e. The molecule has 0 aliphatic rings. The fourth-order valence-electron chi connectivity index (χ4n) is 7.03. The van der Waals surface area contributed by atoms with E-state index in [1.807, 2.05) is 0 Å². The molecule has 8 rings (SSSR count). The SMILES string of the molecule is O=C(Nc1ccccc1C(F)(F)F)c1cc2ccccc2c(N=Nc2ccc(-c3ccc(N=Nc4c(O)cc(C(=O)Nc5ccccc5C(F)(F)F)c5ccccc45)c(Cl)c3)cc2Cl)c1O. The van der Waals surface area contributed by atoms with Gasteiger partial charge in [-0.15, -0.1) is 20.5 Å². The van der Waals surface area contributed by atoms with Crippen LogP contribution in [-0.2, 0) is 12.4 Å². The zero-order valence-corrected chi connectivity index (χ0v) is 34.9.